The number of likely N-dealkylation sites (N-methyl/N-ethyl adjacent to an activating group) is 2. The molecule has 3 aromatic carbocycles. The van der Waals surface area contributed by atoms with Crippen molar-refractivity contribution >= 4 is 23.1 Å². The number of quaternary nitrogens is 1. The average Bonchev–Trinajstić information content (AvgIpc) is 3.75. The topological polar surface area (TPSA) is 125 Å². The number of carbonyl (C=O) groups is 1. The highest BCUT2D eigenvalue weighted by atomic mass is 19.1. The van der Waals surface area contributed by atoms with Crippen molar-refractivity contribution in [2.24, 2.45) is 0 Å². The second kappa shape index (κ2) is 15.5. The number of aromatic nitrogens is 2. The van der Waals surface area contributed by atoms with Crippen molar-refractivity contribution in [3.8, 4) is 22.9 Å². The molecule has 5 rings (SSSR count). The highest BCUT2D eigenvalue weighted by Gasteiger charge is 2.28. The number of amides is 1. The molecule has 50 heavy (non-hydrogen) atoms. The Hall–Kier alpha value is -5.30. The van der Waals surface area contributed by atoms with Gasteiger partial charge in [-0.1, -0.05) is 24.6 Å². The molecule has 2 N–H and O–H groups in total. The number of hydrogen-bond acceptors (Lipinski definition) is 7. The van der Waals surface area contributed by atoms with Crippen molar-refractivity contribution in [2.45, 2.75) is 32.7 Å². The summed E-state index contributed by atoms with van der Waals surface area (Å²) in [5.41, 5.74) is 2.48. The second-order valence-electron chi connectivity index (χ2n) is 12.4. The Balaban J connectivity index is 1.50. The van der Waals surface area contributed by atoms with E-state index in [1.807, 2.05) is 13.8 Å². The molecule has 1 saturated heterocycles. The number of hydrogen-bond donors (Lipinski definition) is 2. The van der Waals surface area contributed by atoms with E-state index in [1.54, 1.807) is 94.0 Å². The molecule has 2 atom stereocenters. The zero-order valence-electron chi connectivity index (χ0n) is 29.0. The zero-order valence-corrected chi connectivity index (χ0v) is 29.0. The fraction of sp³-hybridized carbons (Fsp3) is 0.289. The van der Waals surface area contributed by atoms with Gasteiger partial charge in [0.05, 0.1) is 43.9 Å². The molecule has 0 bridgehead atoms. The number of rotatable bonds is 13. The van der Waals surface area contributed by atoms with Crippen molar-refractivity contribution in [1.82, 2.24) is 9.13 Å². The van der Waals surface area contributed by atoms with Gasteiger partial charge in [0.2, 0.25) is 0 Å². The molecule has 11 nitrogen and oxygen atoms in total. The molecule has 0 radical (unpaired) electrons. The summed E-state index contributed by atoms with van der Waals surface area (Å²) in [6.07, 6.45) is 6.14. The third-order valence-electron chi connectivity index (χ3n) is 8.83. The molecule has 0 spiro atoms. The molecular formula is C38H43FN6O5. The molecule has 0 aliphatic carbocycles. The number of nitrogens with zero attached hydrogens (tertiary/aromatic N) is 4. The summed E-state index contributed by atoms with van der Waals surface area (Å²) in [4.78, 5) is 29.0. The monoisotopic (exact) mass is 682 g/mol. The van der Waals surface area contributed by atoms with Gasteiger partial charge in [0.15, 0.2) is 0 Å². The summed E-state index contributed by atoms with van der Waals surface area (Å²) in [5.74, 6) is 0.418. The smallest absolute Gasteiger partial charge is 0.339 e. The predicted octanol–water partition coefficient (Wildman–Crippen LogP) is 6.58. The predicted molar refractivity (Wildman–Crippen MR) is 194 cm³/mol. The van der Waals surface area contributed by atoms with Gasteiger partial charge in [-0.2, -0.15) is 0 Å². The number of hydroxylamine groups is 3. The van der Waals surface area contributed by atoms with Crippen LogP contribution >= 0.6 is 0 Å². The van der Waals surface area contributed by atoms with Crippen LogP contribution in [0, 0.1) is 16.4 Å². The first kappa shape index (κ1) is 36.0. The van der Waals surface area contributed by atoms with Gasteiger partial charge in [-0.3, -0.25) is 14.8 Å². The summed E-state index contributed by atoms with van der Waals surface area (Å²) >= 11 is 0. The molecule has 1 aromatic heterocycles. The Kier molecular flexibility index (Phi) is 11.2. The lowest BCUT2D eigenvalue weighted by Gasteiger charge is -2.42. The lowest BCUT2D eigenvalue weighted by Crippen LogP contribution is -2.47. The van der Waals surface area contributed by atoms with E-state index >= 15 is 0 Å². The highest BCUT2D eigenvalue weighted by molar-refractivity contribution is 6.09. The van der Waals surface area contributed by atoms with Gasteiger partial charge in [0.25, 0.3) is 5.91 Å². The maximum absolute atomic E-state index is 14.4. The molecule has 1 amide bonds. The molecule has 4 aromatic rings. The van der Waals surface area contributed by atoms with E-state index in [-0.39, 0.29) is 24.2 Å². The number of carbonyl (C=O) groups excluding carboxylic acids is 1. The number of nitrogens with one attached hydrogen (secondary N) is 2. The van der Waals surface area contributed by atoms with Gasteiger partial charge < -0.3 is 29.5 Å². The minimum Gasteiger partial charge on any atom is -0.632 e. The molecule has 12 heteroatoms. The summed E-state index contributed by atoms with van der Waals surface area (Å²) in [6, 6.07) is 19.4. The minimum absolute atomic E-state index is 0.131. The maximum atomic E-state index is 14.4. The van der Waals surface area contributed by atoms with Crippen LogP contribution in [0.2, 0.25) is 0 Å². The molecule has 262 valence electrons. The van der Waals surface area contributed by atoms with Crippen LogP contribution in [-0.4, -0.2) is 72.3 Å². The molecule has 1 aliphatic heterocycles. The third kappa shape index (κ3) is 7.94. The lowest BCUT2D eigenvalue weighted by molar-refractivity contribution is -0.879. The number of anilines is 2. The van der Waals surface area contributed by atoms with Crippen LogP contribution in [0.1, 0.15) is 32.4 Å². The van der Waals surface area contributed by atoms with Gasteiger partial charge in [-0.05, 0) is 80.1 Å². The zero-order chi connectivity index (χ0) is 36.0. The van der Waals surface area contributed by atoms with E-state index in [4.69, 9.17) is 14.9 Å². The normalized spacial score (nSPS) is 16.0. The SMILES string of the molecule is CC/C(C)=C/C(=N)c1c(NC)n(-c2cccc(N(C)C(=O)C=CC[N+](C)([O-])C3CCOC3)c2)c(=O)n1-c1ccc(Oc2cccc(F)c2)cc1. The van der Waals surface area contributed by atoms with E-state index in [2.05, 4.69) is 5.32 Å². The van der Waals surface area contributed by atoms with Crippen LogP contribution < -0.4 is 20.6 Å². The molecular weight excluding hydrogens is 639 g/mol. The highest BCUT2D eigenvalue weighted by Crippen LogP contribution is 2.28. The van der Waals surface area contributed by atoms with E-state index in [0.717, 1.165) is 12.0 Å². The Morgan fingerprint density at radius 2 is 1.86 bits per heavy atom. The summed E-state index contributed by atoms with van der Waals surface area (Å²) < 4.78 is 27.3. The summed E-state index contributed by atoms with van der Waals surface area (Å²) in [6.45, 7) is 5.04. The van der Waals surface area contributed by atoms with E-state index in [9.17, 15) is 19.2 Å². The first-order chi connectivity index (χ1) is 23.9. The molecule has 2 heterocycles. The van der Waals surface area contributed by atoms with E-state index < -0.39 is 16.2 Å². The van der Waals surface area contributed by atoms with Crippen LogP contribution in [0.3, 0.4) is 0 Å². The maximum Gasteiger partial charge on any atom is 0.339 e. The third-order valence-corrected chi connectivity index (χ3v) is 8.83. The molecule has 2 unspecified atom stereocenters. The van der Waals surface area contributed by atoms with Crippen molar-refractivity contribution in [3.05, 3.63) is 124 Å². The van der Waals surface area contributed by atoms with Crippen molar-refractivity contribution < 1.29 is 23.3 Å². The van der Waals surface area contributed by atoms with Gasteiger partial charge >= 0.3 is 5.69 Å². The first-order valence-corrected chi connectivity index (χ1v) is 16.5. The Morgan fingerprint density at radius 1 is 1.12 bits per heavy atom. The Labute approximate surface area is 291 Å². The number of allylic oxidation sites excluding steroid dienone is 2. The van der Waals surface area contributed by atoms with Gasteiger partial charge in [-0.15, -0.1) is 0 Å². The van der Waals surface area contributed by atoms with Crippen LogP contribution in [0.4, 0.5) is 15.9 Å². The number of imidazole rings is 1. The largest absolute Gasteiger partial charge is 0.632 e. The summed E-state index contributed by atoms with van der Waals surface area (Å²) in [5, 5.41) is 25.2. The van der Waals surface area contributed by atoms with Crippen LogP contribution in [-0.2, 0) is 9.53 Å². The second-order valence-corrected chi connectivity index (χ2v) is 12.4. The van der Waals surface area contributed by atoms with E-state index in [1.165, 1.54) is 32.2 Å². The van der Waals surface area contributed by atoms with Gasteiger partial charge in [0, 0.05) is 38.3 Å². The van der Waals surface area contributed by atoms with E-state index in [0.29, 0.717) is 59.7 Å². The van der Waals surface area contributed by atoms with Crippen molar-refractivity contribution in [2.75, 3.05) is 51.1 Å². The number of benzene rings is 3. The standard InChI is InChI=1S/C38H43FN6O5/c1-6-26(2)22-34(40)36-37(41-3)44(38(47)43(36)28-15-17-32(18-16-28)50-33-13-7-10-27(39)23-33)30-12-8-11-29(24-30)42(4)35(46)14-9-20-45(5,48)31-19-21-49-25-31/h7-18,22-24,31,40-41H,6,19-21,25H2,1-5H3/b14-9?,26-22+,40-34?. The van der Waals surface area contributed by atoms with Gasteiger partial charge in [-0.25, -0.2) is 13.8 Å². The Morgan fingerprint density at radius 3 is 2.52 bits per heavy atom. The van der Waals surface area contributed by atoms with Crippen molar-refractivity contribution in [1.29, 1.82) is 5.41 Å². The minimum atomic E-state index is -0.511. The lowest BCUT2D eigenvalue weighted by atomic mass is 10.1. The summed E-state index contributed by atoms with van der Waals surface area (Å²) in [7, 11) is 4.90. The molecule has 0 saturated carbocycles. The fourth-order valence-corrected chi connectivity index (χ4v) is 5.75. The number of ether oxygens (including phenoxy) is 2. The van der Waals surface area contributed by atoms with Crippen LogP contribution in [0.25, 0.3) is 11.4 Å². The average molecular weight is 683 g/mol. The Bertz CT molecular complexity index is 1970. The fourth-order valence-electron chi connectivity index (χ4n) is 5.75. The van der Waals surface area contributed by atoms with Gasteiger partial charge in [0.1, 0.15) is 34.9 Å². The first-order valence-electron chi connectivity index (χ1n) is 16.5. The molecule has 1 aliphatic rings. The molecule has 1 fully saturated rings. The van der Waals surface area contributed by atoms with Crippen LogP contribution in [0.15, 0.2) is 101 Å². The van der Waals surface area contributed by atoms with Crippen molar-refractivity contribution in [3.63, 3.8) is 0 Å². The number of halogens is 1. The van der Waals surface area contributed by atoms with Crippen LogP contribution in [0.5, 0.6) is 11.5 Å². The quantitative estimate of drug-likeness (QED) is 0.0711.